The fraction of sp³-hybridized carbons (Fsp3) is 0.476. The van der Waals surface area contributed by atoms with Gasteiger partial charge in [-0.1, -0.05) is 18.5 Å². The van der Waals surface area contributed by atoms with Crippen molar-refractivity contribution < 1.29 is 34.2 Å². The number of hydrogen-bond donors (Lipinski definition) is 5. The number of unbranched alkanes of at least 4 members (excludes halogenated alkanes) is 1. The van der Waals surface area contributed by atoms with E-state index in [4.69, 9.17) is 15.7 Å². The number of nitrogens with zero attached hydrogens (tertiary/aromatic N) is 3. The van der Waals surface area contributed by atoms with E-state index in [1.807, 2.05) is 11.8 Å². The highest BCUT2D eigenvalue weighted by Gasteiger charge is 2.27. The number of benzene rings is 1. The van der Waals surface area contributed by atoms with Crippen LogP contribution in [0.15, 0.2) is 29.4 Å². The summed E-state index contributed by atoms with van der Waals surface area (Å²) in [6.45, 7) is 2.33. The minimum Gasteiger partial charge on any atom is -0.480 e. The molecule has 1 aliphatic heterocycles. The fourth-order valence-corrected chi connectivity index (χ4v) is 3.14. The van der Waals surface area contributed by atoms with Crippen LogP contribution in [0, 0.1) is 0 Å². The number of amidine groups is 1. The zero-order valence-corrected chi connectivity index (χ0v) is 18.9. The minimum absolute atomic E-state index is 0.0211. The van der Waals surface area contributed by atoms with Crippen molar-refractivity contribution in [2.75, 3.05) is 44.2 Å². The lowest BCUT2D eigenvalue weighted by Gasteiger charge is -2.35. The van der Waals surface area contributed by atoms with Crippen LogP contribution < -0.4 is 21.3 Å². The molecule has 1 aromatic carbocycles. The minimum atomic E-state index is -1.36. The van der Waals surface area contributed by atoms with E-state index in [2.05, 4.69) is 15.8 Å². The first-order valence-corrected chi connectivity index (χ1v) is 10.8. The van der Waals surface area contributed by atoms with Gasteiger partial charge in [-0.05, 0) is 30.7 Å². The Morgan fingerprint density at radius 3 is 2.53 bits per heavy atom. The van der Waals surface area contributed by atoms with Crippen LogP contribution in [0.2, 0.25) is 0 Å². The predicted octanol–water partition coefficient (Wildman–Crippen LogP) is -0.475. The summed E-state index contributed by atoms with van der Waals surface area (Å²) in [6.07, 6.45) is 0.600. The van der Waals surface area contributed by atoms with Crippen LogP contribution in [0.3, 0.4) is 0 Å². The van der Waals surface area contributed by atoms with Crippen molar-refractivity contribution in [2.24, 2.45) is 10.9 Å². The number of ether oxygens (including phenoxy) is 1. The van der Waals surface area contributed by atoms with E-state index in [1.165, 1.54) is 4.90 Å². The molecule has 34 heavy (non-hydrogen) atoms. The summed E-state index contributed by atoms with van der Waals surface area (Å²) in [7, 11) is 0. The molecule has 3 amide bonds. The fourth-order valence-electron chi connectivity index (χ4n) is 3.14. The Labute approximate surface area is 196 Å². The highest BCUT2D eigenvalue weighted by molar-refractivity contribution is 5.97. The lowest BCUT2D eigenvalue weighted by molar-refractivity contribution is -0.140. The molecule has 0 bridgehead atoms. The van der Waals surface area contributed by atoms with Crippen molar-refractivity contribution >= 4 is 35.4 Å². The predicted molar refractivity (Wildman–Crippen MR) is 122 cm³/mol. The summed E-state index contributed by atoms with van der Waals surface area (Å²) < 4.78 is 4.87. The number of anilines is 1. The average molecular weight is 479 g/mol. The molecule has 1 unspecified atom stereocenters. The number of carbonyl (C=O) groups excluding carboxylic acids is 3. The number of carbonyl (C=O) groups is 4. The first-order valence-electron chi connectivity index (χ1n) is 10.8. The molecule has 0 saturated carbocycles. The monoisotopic (exact) mass is 478 g/mol. The van der Waals surface area contributed by atoms with Crippen molar-refractivity contribution in [3.05, 3.63) is 29.8 Å². The number of carboxylic acid groups (broad SMARTS) is 1. The van der Waals surface area contributed by atoms with E-state index in [9.17, 15) is 24.3 Å². The van der Waals surface area contributed by atoms with Gasteiger partial charge in [0.05, 0.1) is 19.7 Å². The molecule has 2 rings (SSSR count). The van der Waals surface area contributed by atoms with Crippen LogP contribution >= 0.6 is 0 Å². The molecule has 1 aromatic rings. The van der Waals surface area contributed by atoms with E-state index < -0.39 is 24.0 Å². The van der Waals surface area contributed by atoms with Gasteiger partial charge in [0.25, 0.3) is 0 Å². The van der Waals surface area contributed by atoms with Gasteiger partial charge in [-0.3, -0.25) is 9.59 Å². The number of carboxylic acids is 1. The van der Waals surface area contributed by atoms with E-state index in [0.717, 1.165) is 12.1 Å². The van der Waals surface area contributed by atoms with Crippen molar-refractivity contribution in [1.82, 2.24) is 15.5 Å². The van der Waals surface area contributed by atoms with Gasteiger partial charge in [-0.25, -0.2) is 9.59 Å². The van der Waals surface area contributed by atoms with E-state index in [1.54, 1.807) is 24.3 Å². The van der Waals surface area contributed by atoms with Crippen LogP contribution in [0.25, 0.3) is 0 Å². The smallest absolute Gasteiger partial charge is 0.407 e. The zero-order valence-electron chi connectivity index (χ0n) is 18.9. The average Bonchev–Trinajstić information content (AvgIpc) is 2.82. The SMILES string of the molecule is CCCCOC(=O)NC(CNC(=O)CN1CCN(c2ccc(/C(N)=N/O)cc2)CC1=O)C(=O)O. The largest absolute Gasteiger partial charge is 0.480 e. The van der Waals surface area contributed by atoms with Gasteiger partial charge in [0, 0.05) is 30.9 Å². The molecule has 1 heterocycles. The third kappa shape index (κ3) is 7.83. The Morgan fingerprint density at radius 2 is 1.94 bits per heavy atom. The maximum Gasteiger partial charge on any atom is 0.407 e. The number of aliphatic carboxylic acids is 1. The van der Waals surface area contributed by atoms with E-state index in [-0.39, 0.29) is 38.0 Å². The van der Waals surface area contributed by atoms with Crippen molar-refractivity contribution in [3.8, 4) is 0 Å². The Morgan fingerprint density at radius 1 is 1.24 bits per heavy atom. The number of nitrogens with two attached hydrogens (primary N) is 1. The molecule has 1 fully saturated rings. The number of amides is 3. The highest BCUT2D eigenvalue weighted by atomic mass is 16.5. The second-order valence-electron chi connectivity index (χ2n) is 7.60. The summed E-state index contributed by atoms with van der Waals surface area (Å²) in [6, 6.07) is 5.46. The van der Waals surface area contributed by atoms with Crippen molar-refractivity contribution in [3.63, 3.8) is 0 Å². The number of piperazine rings is 1. The Hall–Kier alpha value is -4.03. The molecule has 0 radical (unpaired) electrons. The van der Waals surface area contributed by atoms with Gasteiger partial charge in [-0.2, -0.15) is 0 Å². The molecule has 13 heteroatoms. The first-order chi connectivity index (χ1) is 16.2. The molecule has 1 saturated heterocycles. The number of rotatable bonds is 11. The molecule has 1 aliphatic rings. The normalized spacial score (nSPS) is 15.0. The Bertz CT molecular complexity index is 905. The van der Waals surface area contributed by atoms with Crippen molar-refractivity contribution in [1.29, 1.82) is 0 Å². The number of hydrogen-bond acceptors (Lipinski definition) is 8. The van der Waals surface area contributed by atoms with Gasteiger partial charge in [0.1, 0.15) is 6.04 Å². The van der Waals surface area contributed by atoms with Crippen LogP contribution in [0.4, 0.5) is 10.5 Å². The van der Waals surface area contributed by atoms with E-state index >= 15 is 0 Å². The Balaban J connectivity index is 1.81. The van der Waals surface area contributed by atoms with Gasteiger partial charge < -0.3 is 41.2 Å². The number of nitrogens with one attached hydrogen (secondary N) is 2. The second-order valence-corrected chi connectivity index (χ2v) is 7.60. The van der Waals surface area contributed by atoms with Crippen LogP contribution in [0.1, 0.15) is 25.3 Å². The lowest BCUT2D eigenvalue weighted by Crippen LogP contribution is -2.54. The summed E-state index contributed by atoms with van der Waals surface area (Å²) in [5, 5.41) is 25.5. The standard InChI is InChI=1S/C21H30N6O7/c1-2-3-10-34-21(32)24-16(20(30)31)11-23-17(28)12-27-9-8-26(13-18(27)29)15-6-4-14(5-7-15)19(22)25-33/h4-7,16,33H,2-3,8-13H2,1H3,(H2,22,25)(H,23,28)(H,24,32)(H,30,31). The number of oxime groups is 1. The third-order valence-corrected chi connectivity index (χ3v) is 5.11. The van der Waals surface area contributed by atoms with Crippen molar-refractivity contribution in [2.45, 2.75) is 25.8 Å². The maximum absolute atomic E-state index is 12.5. The lowest BCUT2D eigenvalue weighted by atomic mass is 10.1. The zero-order chi connectivity index (χ0) is 25.1. The van der Waals surface area contributed by atoms with Crippen LogP contribution in [0.5, 0.6) is 0 Å². The molecule has 0 aromatic heterocycles. The molecule has 186 valence electrons. The Kier molecular flexibility index (Phi) is 9.92. The molecule has 13 nitrogen and oxygen atoms in total. The topological polar surface area (TPSA) is 187 Å². The van der Waals surface area contributed by atoms with E-state index in [0.29, 0.717) is 25.1 Å². The second kappa shape index (κ2) is 12.9. The summed E-state index contributed by atoms with van der Waals surface area (Å²) >= 11 is 0. The molecular formula is C21H30N6O7. The first kappa shape index (κ1) is 26.2. The van der Waals surface area contributed by atoms with Crippen LogP contribution in [-0.4, -0.2) is 90.3 Å². The molecule has 0 spiro atoms. The van der Waals surface area contributed by atoms with Gasteiger partial charge >= 0.3 is 12.1 Å². The molecule has 1 atom stereocenters. The maximum atomic E-state index is 12.5. The van der Waals surface area contributed by atoms with Gasteiger partial charge in [0.15, 0.2) is 5.84 Å². The van der Waals surface area contributed by atoms with Crippen LogP contribution in [-0.2, 0) is 19.1 Å². The summed E-state index contributed by atoms with van der Waals surface area (Å²) in [5.41, 5.74) is 6.86. The highest BCUT2D eigenvalue weighted by Crippen LogP contribution is 2.18. The summed E-state index contributed by atoms with van der Waals surface area (Å²) in [5.74, 6) is -2.16. The summed E-state index contributed by atoms with van der Waals surface area (Å²) in [4.78, 5) is 51.0. The third-order valence-electron chi connectivity index (χ3n) is 5.11. The quantitative estimate of drug-likeness (QED) is 0.0920. The van der Waals surface area contributed by atoms with Gasteiger partial charge in [-0.15, -0.1) is 0 Å². The molecular weight excluding hydrogens is 448 g/mol. The van der Waals surface area contributed by atoms with Gasteiger partial charge in [0.2, 0.25) is 11.8 Å². The molecule has 0 aliphatic carbocycles. The molecule has 6 N–H and O–H groups in total. The number of alkyl carbamates (subject to hydrolysis) is 1.